The average Bonchev–Trinajstić information content (AvgIpc) is 3.18. The van der Waals surface area contributed by atoms with E-state index in [2.05, 4.69) is 0 Å². The highest BCUT2D eigenvalue weighted by molar-refractivity contribution is 7.45. The molecule has 5 nitrogen and oxygen atoms in total. The van der Waals surface area contributed by atoms with E-state index in [1.807, 2.05) is 44.2 Å². The smallest absolute Gasteiger partial charge is 0.293 e. The van der Waals surface area contributed by atoms with Crippen LogP contribution in [0.1, 0.15) is 38.4 Å². The number of carbonyl (C=O) groups is 1. The van der Waals surface area contributed by atoms with Crippen molar-refractivity contribution in [3.05, 3.63) is 35.9 Å². The van der Waals surface area contributed by atoms with Gasteiger partial charge in [-0.15, -0.1) is 0 Å². The maximum absolute atomic E-state index is 12.9. The van der Waals surface area contributed by atoms with Gasteiger partial charge in [0, 0.05) is 6.42 Å². The Hall–Kier alpha value is -1.07. The molecule has 0 spiro atoms. The second-order valence-corrected chi connectivity index (χ2v) is 7.51. The summed E-state index contributed by atoms with van der Waals surface area (Å²) in [4.78, 5) is 12.0. The first-order chi connectivity index (χ1) is 11.6. The van der Waals surface area contributed by atoms with E-state index in [-0.39, 0.29) is 24.4 Å². The van der Waals surface area contributed by atoms with Crippen molar-refractivity contribution in [2.45, 2.75) is 51.1 Å². The Kier molecular flexibility index (Phi) is 5.82. The Balaban J connectivity index is 1.73. The highest BCUT2D eigenvalue weighted by Gasteiger charge is 2.43. The van der Waals surface area contributed by atoms with Crippen molar-refractivity contribution in [3.63, 3.8) is 0 Å². The van der Waals surface area contributed by atoms with Crippen molar-refractivity contribution in [2.24, 2.45) is 0 Å². The Labute approximate surface area is 143 Å². The Morgan fingerprint density at radius 2 is 2.17 bits per heavy atom. The summed E-state index contributed by atoms with van der Waals surface area (Å²) in [5.41, 5.74) is 0.964. The summed E-state index contributed by atoms with van der Waals surface area (Å²) in [6, 6.07) is 9.64. The molecule has 7 heteroatoms. The largest absolute Gasteiger partial charge is 0.372 e. The van der Waals surface area contributed by atoms with Crippen LogP contribution < -0.4 is 0 Å². The normalized spacial score (nSPS) is 33.1. The average molecular weight is 355 g/mol. The number of hydrogen-bond donors (Lipinski definition) is 0. The van der Waals surface area contributed by atoms with Crippen molar-refractivity contribution in [3.8, 4) is 0 Å². The molecule has 132 valence electrons. The lowest BCUT2D eigenvalue weighted by Gasteiger charge is -2.25. The number of amides is 1. The molecule has 5 atom stereocenters. The summed E-state index contributed by atoms with van der Waals surface area (Å²) in [5, 5.41) is 0. The summed E-state index contributed by atoms with van der Waals surface area (Å²) in [6.07, 6.45) is 1.29. The predicted molar refractivity (Wildman–Crippen MR) is 89.0 cm³/mol. The molecule has 0 aromatic heterocycles. The number of ether oxygens (including phenoxy) is 1. The fraction of sp³-hybridized carbons (Fsp3) is 0.588. The Morgan fingerprint density at radius 1 is 1.42 bits per heavy atom. The fourth-order valence-corrected chi connectivity index (χ4v) is 4.76. The molecular weight excluding hydrogens is 332 g/mol. The molecule has 2 heterocycles. The van der Waals surface area contributed by atoms with Crippen LogP contribution in [-0.4, -0.2) is 42.1 Å². The van der Waals surface area contributed by atoms with E-state index in [9.17, 15) is 9.18 Å². The Bertz CT molecular complexity index is 561. The minimum absolute atomic E-state index is 0.01000. The van der Waals surface area contributed by atoms with Crippen molar-refractivity contribution >= 4 is 14.4 Å². The molecule has 0 aliphatic carbocycles. The van der Waals surface area contributed by atoms with Gasteiger partial charge in [-0.1, -0.05) is 37.3 Å². The number of carbonyl (C=O) groups excluding carboxylic acids is 1. The maximum atomic E-state index is 12.9. The second kappa shape index (κ2) is 7.87. The lowest BCUT2D eigenvalue weighted by Crippen LogP contribution is -2.29. The van der Waals surface area contributed by atoms with Gasteiger partial charge in [0.1, 0.15) is 6.10 Å². The van der Waals surface area contributed by atoms with Crippen LogP contribution in [-0.2, 0) is 18.6 Å². The maximum Gasteiger partial charge on any atom is 0.293 e. The molecular formula is C17H23FNO4P. The molecule has 0 saturated carbocycles. The third-order valence-corrected chi connectivity index (χ3v) is 6.01. The zero-order valence-corrected chi connectivity index (χ0v) is 14.8. The van der Waals surface area contributed by atoms with Crippen LogP contribution in [0.25, 0.3) is 0 Å². The topological polar surface area (TPSA) is 48.0 Å². The van der Waals surface area contributed by atoms with Gasteiger partial charge < -0.3 is 13.8 Å². The van der Waals surface area contributed by atoms with Gasteiger partial charge in [-0.2, -0.15) is 0 Å². The van der Waals surface area contributed by atoms with Gasteiger partial charge in [-0.25, -0.2) is 4.39 Å². The Morgan fingerprint density at radius 3 is 2.83 bits per heavy atom. The van der Waals surface area contributed by atoms with Crippen LogP contribution in [0, 0.1) is 0 Å². The minimum atomic E-state index is -1.62. The first-order valence-corrected chi connectivity index (χ1v) is 9.45. The summed E-state index contributed by atoms with van der Waals surface area (Å²) < 4.78 is 32.3. The van der Waals surface area contributed by atoms with Crippen molar-refractivity contribution < 1.29 is 23.0 Å². The zero-order valence-electron chi connectivity index (χ0n) is 13.9. The van der Waals surface area contributed by atoms with E-state index in [1.54, 1.807) is 0 Å². The van der Waals surface area contributed by atoms with Crippen LogP contribution >= 0.6 is 8.53 Å². The van der Waals surface area contributed by atoms with E-state index in [1.165, 1.54) is 4.67 Å². The van der Waals surface area contributed by atoms with Crippen LogP contribution in [0.4, 0.5) is 4.39 Å². The van der Waals surface area contributed by atoms with E-state index >= 15 is 0 Å². The number of nitrogens with zero attached hydrogens (tertiary/aromatic N) is 1. The number of hydrogen-bond acceptors (Lipinski definition) is 4. The summed E-state index contributed by atoms with van der Waals surface area (Å²) in [5.74, 6) is -0.584. The van der Waals surface area contributed by atoms with E-state index in [0.717, 1.165) is 18.4 Å². The zero-order chi connectivity index (χ0) is 17.1. The van der Waals surface area contributed by atoms with Gasteiger partial charge in [-0.3, -0.25) is 9.46 Å². The van der Waals surface area contributed by atoms with Crippen molar-refractivity contribution in [1.82, 2.24) is 4.67 Å². The first-order valence-electron chi connectivity index (χ1n) is 8.32. The summed E-state index contributed by atoms with van der Waals surface area (Å²) in [6.45, 7) is 3.32. The van der Waals surface area contributed by atoms with Crippen LogP contribution in [0.15, 0.2) is 30.3 Å². The molecule has 1 aromatic carbocycles. The van der Waals surface area contributed by atoms with Crippen molar-refractivity contribution in [2.75, 3.05) is 13.2 Å². The van der Waals surface area contributed by atoms with Crippen molar-refractivity contribution in [1.29, 1.82) is 0 Å². The predicted octanol–water partition coefficient (Wildman–Crippen LogP) is 3.76. The molecule has 1 aromatic rings. The lowest BCUT2D eigenvalue weighted by atomic mass is 10.1. The minimum Gasteiger partial charge on any atom is -0.372 e. The van der Waals surface area contributed by atoms with E-state index in [4.69, 9.17) is 13.8 Å². The molecule has 2 aliphatic heterocycles. The highest BCUT2D eigenvalue weighted by Crippen LogP contribution is 2.55. The van der Waals surface area contributed by atoms with Crippen LogP contribution in [0.3, 0.4) is 0 Å². The summed E-state index contributed by atoms with van der Waals surface area (Å²) >= 11 is 0. The van der Waals surface area contributed by atoms with Gasteiger partial charge in [0.2, 0.25) is 0 Å². The third kappa shape index (κ3) is 3.77. The first kappa shape index (κ1) is 17.7. The monoisotopic (exact) mass is 355 g/mol. The molecule has 24 heavy (non-hydrogen) atoms. The molecule has 2 aliphatic rings. The molecule has 0 bridgehead atoms. The molecule has 0 radical (unpaired) electrons. The van der Waals surface area contributed by atoms with Gasteiger partial charge in [-0.05, 0) is 18.9 Å². The summed E-state index contributed by atoms with van der Waals surface area (Å²) in [7, 11) is -1.62. The third-order valence-electron chi connectivity index (χ3n) is 4.34. The number of rotatable bonds is 5. The molecule has 1 amide bonds. The fourth-order valence-electron chi connectivity index (χ4n) is 3.11. The molecule has 3 rings (SSSR count). The van der Waals surface area contributed by atoms with Crippen LogP contribution in [0.5, 0.6) is 0 Å². The van der Waals surface area contributed by atoms with Crippen LogP contribution in [0.2, 0.25) is 0 Å². The molecule has 2 fully saturated rings. The second-order valence-electron chi connectivity index (χ2n) is 6.13. The number of halogens is 1. The van der Waals surface area contributed by atoms with Gasteiger partial charge in [0.05, 0.1) is 24.9 Å². The lowest BCUT2D eigenvalue weighted by molar-refractivity contribution is -0.127. The quantitative estimate of drug-likeness (QED) is 0.755. The molecule has 5 unspecified atom stereocenters. The molecule has 0 N–H and O–H groups in total. The van der Waals surface area contributed by atoms with Gasteiger partial charge in [0.15, 0.2) is 6.67 Å². The molecule has 2 saturated heterocycles. The highest BCUT2D eigenvalue weighted by atomic mass is 31.2. The number of alkyl halides is 1. The van der Waals surface area contributed by atoms with E-state index in [0.29, 0.717) is 6.54 Å². The van der Waals surface area contributed by atoms with E-state index < -0.39 is 21.1 Å². The van der Waals surface area contributed by atoms with Gasteiger partial charge >= 0.3 is 0 Å². The standard InChI is InChI=1S/C17H23FNO4P/c1-3-14-15(9-12(2)21-14)22-24-19(17(20)10-18)11-16(23-24)13-7-5-4-6-8-13/h4-8,12,14-16H,3,9-11H2,1-2H3. The SMILES string of the molecule is CCC1OC(C)CC1OP1OC(c2ccccc2)CN1C(=O)CF. The van der Waals surface area contributed by atoms with Gasteiger partial charge in [0.25, 0.3) is 14.4 Å². The number of benzene rings is 1.